The van der Waals surface area contributed by atoms with Crippen LogP contribution in [0.2, 0.25) is 0 Å². The van der Waals surface area contributed by atoms with E-state index in [0.29, 0.717) is 13.2 Å². The molecular weight excluding hydrogens is 211 g/mol. The van der Waals surface area contributed by atoms with Gasteiger partial charge in [-0.2, -0.15) is 0 Å². The van der Waals surface area contributed by atoms with Gasteiger partial charge in [0.25, 0.3) is 0 Å². The summed E-state index contributed by atoms with van der Waals surface area (Å²) in [5.41, 5.74) is 0. The molecule has 1 aromatic carbocycles. The lowest BCUT2D eigenvalue weighted by Crippen LogP contribution is -2.07. The van der Waals surface area contributed by atoms with E-state index in [1.54, 1.807) is 0 Å². The van der Waals surface area contributed by atoms with E-state index in [9.17, 15) is 0 Å². The van der Waals surface area contributed by atoms with Gasteiger partial charge in [-0.3, -0.25) is 0 Å². The average molecular weight is 228 g/mol. The number of ether oxygens (including phenoxy) is 2. The maximum Gasteiger partial charge on any atom is 0.631 e. The Morgan fingerprint density at radius 3 is 1.50 bits per heavy atom. The predicted octanol–water partition coefficient (Wildman–Crippen LogP) is 0.432. The first-order chi connectivity index (χ1) is 7.61. The number of rotatable bonds is 4. The molecule has 0 radical (unpaired) electrons. The molecule has 3 N–H and O–H groups in total. The van der Waals surface area contributed by atoms with Crippen LogP contribution >= 0.6 is 0 Å². The molecule has 0 aromatic heterocycles. The van der Waals surface area contributed by atoms with Gasteiger partial charge < -0.3 is 24.5 Å². The third kappa shape index (κ3) is 7.11. The molecule has 0 aliphatic heterocycles. The van der Waals surface area contributed by atoms with E-state index in [4.69, 9.17) is 24.5 Å². The quantitative estimate of drug-likeness (QED) is 0.651. The predicted molar refractivity (Wildman–Crippen MR) is 61.2 cm³/mol. The van der Waals surface area contributed by atoms with Crippen LogP contribution in [0.4, 0.5) is 0 Å². The van der Waals surface area contributed by atoms with Crippen LogP contribution in [0.1, 0.15) is 13.8 Å². The highest BCUT2D eigenvalue weighted by atomic mass is 16.5. The highest BCUT2D eigenvalue weighted by Gasteiger charge is 2.00. The standard InChI is InChI=1S/C10H14O2.BH3O3/c1-3-11-9-7-5-6-8-10(9)12-4-2;2-1(3)4/h5-8H,3-4H2,1-2H3;2-4H. The molecule has 0 unspecified atom stereocenters. The van der Waals surface area contributed by atoms with Crippen molar-refractivity contribution in [3.8, 4) is 11.5 Å². The Balaban J connectivity index is 0.000000487. The summed E-state index contributed by atoms with van der Waals surface area (Å²) in [7, 11) is -2.17. The van der Waals surface area contributed by atoms with Crippen LogP contribution < -0.4 is 9.47 Å². The highest BCUT2D eigenvalue weighted by Crippen LogP contribution is 2.25. The number of hydrogen-bond acceptors (Lipinski definition) is 5. The zero-order valence-electron chi connectivity index (χ0n) is 9.46. The summed E-state index contributed by atoms with van der Waals surface area (Å²) >= 11 is 0. The molecule has 0 aliphatic rings. The molecule has 0 atom stereocenters. The lowest BCUT2D eigenvalue weighted by atomic mass is 10.3. The van der Waals surface area contributed by atoms with Gasteiger partial charge in [0.1, 0.15) is 0 Å². The lowest BCUT2D eigenvalue weighted by Gasteiger charge is -2.09. The summed E-state index contributed by atoms with van der Waals surface area (Å²) in [5, 5.41) is 21.5. The Morgan fingerprint density at radius 1 is 0.938 bits per heavy atom. The molecule has 1 aromatic rings. The molecule has 1 rings (SSSR count). The van der Waals surface area contributed by atoms with E-state index in [1.807, 2.05) is 38.1 Å². The van der Waals surface area contributed by atoms with Gasteiger partial charge in [-0.25, -0.2) is 0 Å². The molecule has 90 valence electrons. The van der Waals surface area contributed by atoms with Crippen LogP contribution in [-0.2, 0) is 0 Å². The van der Waals surface area contributed by atoms with Gasteiger partial charge in [0.05, 0.1) is 13.2 Å². The van der Waals surface area contributed by atoms with Gasteiger partial charge in [0.2, 0.25) is 0 Å². The minimum atomic E-state index is -2.17. The van der Waals surface area contributed by atoms with Gasteiger partial charge >= 0.3 is 7.32 Å². The smallest absolute Gasteiger partial charge is 0.490 e. The van der Waals surface area contributed by atoms with Gasteiger partial charge in [0.15, 0.2) is 11.5 Å². The summed E-state index contributed by atoms with van der Waals surface area (Å²) < 4.78 is 10.7. The lowest BCUT2D eigenvalue weighted by molar-refractivity contribution is 0.278. The molecule has 5 nitrogen and oxygen atoms in total. The zero-order valence-corrected chi connectivity index (χ0v) is 9.46. The van der Waals surface area contributed by atoms with Crippen LogP contribution in [0, 0.1) is 0 Å². The Labute approximate surface area is 95.4 Å². The zero-order chi connectivity index (χ0) is 12.4. The second kappa shape index (κ2) is 9.02. The topological polar surface area (TPSA) is 79.2 Å². The summed E-state index contributed by atoms with van der Waals surface area (Å²) in [6, 6.07) is 7.70. The van der Waals surface area contributed by atoms with E-state index < -0.39 is 7.32 Å². The monoisotopic (exact) mass is 228 g/mol. The largest absolute Gasteiger partial charge is 0.631 e. The van der Waals surface area contributed by atoms with Crippen molar-refractivity contribution in [3.05, 3.63) is 24.3 Å². The fraction of sp³-hybridized carbons (Fsp3) is 0.400. The SMILES string of the molecule is CCOc1ccccc1OCC.OB(O)O. The molecule has 6 heteroatoms. The molecule has 16 heavy (non-hydrogen) atoms. The van der Waals surface area contributed by atoms with Gasteiger partial charge in [-0.05, 0) is 26.0 Å². The van der Waals surface area contributed by atoms with Crippen molar-refractivity contribution in [1.82, 2.24) is 0 Å². The number of benzene rings is 1. The molecule has 0 fully saturated rings. The van der Waals surface area contributed by atoms with E-state index in [-0.39, 0.29) is 0 Å². The fourth-order valence-corrected chi connectivity index (χ4v) is 1.000. The average Bonchev–Trinajstić information content (AvgIpc) is 2.21. The Hall–Kier alpha value is -1.24. The Kier molecular flexibility index (Phi) is 8.33. The van der Waals surface area contributed by atoms with Crippen LogP contribution in [0.3, 0.4) is 0 Å². The van der Waals surface area contributed by atoms with Gasteiger partial charge in [-0.15, -0.1) is 0 Å². The normalized spacial score (nSPS) is 8.81. The van der Waals surface area contributed by atoms with Crippen LogP contribution in [0.25, 0.3) is 0 Å². The third-order valence-corrected chi connectivity index (χ3v) is 1.45. The van der Waals surface area contributed by atoms with Crippen molar-refractivity contribution in [2.75, 3.05) is 13.2 Å². The van der Waals surface area contributed by atoms with Crippen LogP contribution in [0.5, 0.6) is 11.5 Å². The number of hydrogen-bond donors (Lipinski definition) is 3. The number of para-hydroxylation sites is 2. The van der Waals surface area contributed by atoms with Crippen molar-refractivity contribution >= 4 is 7.32 Å². The van der Waals surface area contributed by atoms with E-state index in [1.165, 1.54) is 0 Å². The first-order valence-corrected chi connectivity index (χ1v) is 5.00. The van der Waals surface area contributed by atoms with Crippen LogP contribution in [0.15, 0.2) is 24.3 Å². The van der Waals surface area contributed by atoms with E-state index >= 15 is 0 Å². The van der Waals surface area contributed by atoms with Crippen molar-refractivity contribution in [1.29, 1.82) is 0 Å². The minimum Gasteiger partial charge on any atom is -0.490 e. The van der Waals surface area contributed by atoms with Crippen LogP contribution in [-0.4, -0.2) is 35.6 Å². The summed E-state index contributed by atoms with van der Waals surface area (Å²) in [5.74, 6) is 1.64. The summed E-state index contributed by atoms with van der Waals surface area (Å²) in [4.78, 5) is 0. The summed E-state index contributed by atoms with van der Waals surface area (Å²) in [6.07, 6.45) is 0. The molecule has 0 spiro atoms. The molecular formula is C10H17BO5. The van der Waals surface area contributed by atoms with Crippen molar-refractivity contribution < 1.29 is 24.5 Å². The fourth-order valence-electron chi connectivity index (χ4n) is 1.000. The van der Waals surface area contributed by atoms with Crippen molar-refractivity contribution in [2.24, 2.45) is 0 Å². The van der Waals surface area contributed by atoms with Gasteiger partial charge in [0, 0.05) is 0 Å². The first kappa shape index (κ1) is 14.8. The molecule has 0 aliphatic carbocycles. The second-order valence-corrected chi connectivity index (χ2v) is 2.66. The van der Waals surface area contributed by atoms with Gasteiger partial charge in [-0.1, -0.05) is 12.1 Å². The van der Waals surface area contributed by atoms with E-state index in [0.717, 1.165) is 11.5 Å². The second-order valence-electron chi connectivity index (χ2n) is 2.66. The van der Waals surface area contributed by atoms with Crippen molar-refractivity contribution in [3.63, 3.8) is 0 Å². The molecule has 0 saturated carbocycles. The Bertz CT molecular complexity index is 252. The summed E-state index contributed by atoms with van der Waals surface area (Å²) in [6.45, 7) is 5.26. The first-order valence-electron chi connectivity index (χ1n) is 5.00. The molecule has 0 heterocycles. The maximum atomic E-state index is 7.17. The van der Waals surface area contributed by atoms with Crippen molar-refractivity contribution in [2.45, 2.75) is 13.8 Å². The van der Waals surface area contributed by atoms with E-state index in [2.05, 4.69) is 0 Å². The Morgan fingerprint density at radius 2 is 1.25 bits per heavy atom. The molecule has 0 amide bonds. The highest BCUT2D eigenvalue weighted by molar-refractivity contribution is 6.30. The molecule has 0 saturated heterocycles. The third-order valence-electron chi connectivity index (χ3n) is 1.45. The maximum absolute atomic E-state index is 7.17. The molecule has 0 bridgehead atoms. The minimum absolute atomic E-state index is 0.671.